The van der Waals surface area contributed by atoms with Gasteiger partial charge in [-0.2, -0.15) is 0 Å². The molecule has 3 rings (SSSR count). The van der Waals surface area contributed by atoms with Gasteiger partial charge in [0.2, 0.25) is 0 Å². The molecule has 8 heteroatoms. The summed E-state index contributed by atoms with van der Waals surface area (Å²) in [5, 5.41) is 0.418. The molecule has 25 heavy (non-hydrogen) atoms. The van der Waals surface area contributed by atoms with Crippen LogP contribution in [0.25, 0.3) is 0 Å². The van der Waals surface area contributed by atoms with Gasteiger partial charge in [0.1, 0.15) is 6.61 Å². The van der Waals surface area contributed by atoms with Gasteiger partial charge in [-0.3, -0.25) is 14.4 Å². The molecule has 0 aliphatic carbocycles. The molecule has 2 amide bonds. The van der Waals surface area contributed by atoms with Gasteiger partial charge in [-0.15, -0.1) is 9.79 Å². The van der Waals surface area contributed by atoms with E-state index >= 15 is 0 Å². The molecule has 1 aromatic heterocycles. The quantitative estimate of drug-likeness (QED) is 0.742. The van der Waals surface area contributed by atoms with E-state index in [0.29, 0.717) is 5.06 Å². The maximum Gasteiger partial charge on any atom is 0.383 e. The molecule has 0 bridgehead atoms. The van der Waals surface area contributed by atoms with E-state index in [2.05, 4.69) is 0 Å². The molecule has 0 N–H and O–H groups in total. The predicted octanol–water partition coefficient (Wildman–Crippen LogP) is 0.698. The first kappa shape index (κ1) is 16.4. The minimum Gasteiger partial charge on any atom is -0.405 e. The average molecular weight is 342 g/mol. The van der Waals surface area contributed by atoms with E-state index in [1.807, 2.05) is 18.2 Å². The Labute approximate surface area is 142 Å². The van der Waals surface area contributed by atoms with Crippen molar-refractivity contribution in [3.05, 3.63) is 70.1 Å². The summed E-state index contributed by atoms with van der Waals surface area (Å²) in [5.74, 6) is -2.24. The monoisotopic (exact) mass is 342 g/mol. The number of carbonyl (C=O) groups is 3. The fourth-order valence-electron chi connectivity index (χ4n) is 2.26. The molecular weight excluding hydrogens is 328 g/mol. The van der Waals surface area contributed by atoms with Crippen LogP contribution in [0.2, 0.25) is 0 Å². The number of hydroxylamine groups is 2. The number of aromatic nitrogens is 1. The lowest BCUT2D eigenvalue weighted by Gasteiger charge is -2.15. The molecule has 2 aromatic rings. The number of amides is 2. The molecule has 1 saturated heterocycles. The molecule has 0 spiro atoms. The number of nitrogens with zero attached hydrogens (tertiary/aromatic N) is 2. The molecule has 0 saturated carbocycles. The largest absolute Gasteiger partial charge is 0.405 e. The summed E-state index contributed by atoms with van der Waals surface area (Å²) >= 11 is 0. The number of pyridine rings is 1. The van der Waals surface area contributed by atoms with Crippen molar-refractivity contribution in [2.45, 2.75) is 19.4 Å². The Hall–Kier alpha value is -3.42. The molecular formula is C17H14N2O6. The lowest BCUT2D eigenvalue weighted by Crippen LogP contribution is -2.36. The Morgan fingerprint density at radius 1 is 0.920 bits per heavy atom. The Kier molecular flexibility index (Phi) is 4.60. The first-order valence-corrected chi connectivity index (χ1v) is 7.53. The van der Waals surface area contributed by atoms with Crippen LogP contribution < -0.4 is 10.4 Å². The van der Waals surface area contributed by atoms with Crippen LogP contribution in [0, 0.1) is 0 Å². The van der Waals surface area contributed by atoms with Gasteiger partial charge in [-0.25, -0.2) is 4.79 Å². The van der Waals surface area contributed by atoms with Crippen LogP contribution in [-0.2, 0) is 21.0 Å². The third-order valence-corrected chi connectivity index (χ3v) is 3.50. The number of hydrogen-bond acceptors (Lipinski definition) is 6. The predicted molar refractivity (Wildman–Crippen MR) is 83.9 cm³/mol. The fraction of sp³-hybridized carbons (Fsp3) is 0.176. The average Bonchev–Trinajstić information content (AvgIpc) is 2.93. The van der Waals surface area contributed by atoms with Gasteiger partial charge in [0.05, 0.1) is 0 Å². The number of hydrogen-bond donors (Lipinski definition) is 0. The molecule has 1 fully saturated rings. The second kappa shape index (κ2) is 7.00. The summed E-state index contributed by atoms with van der Waals surface area (Å²) in [7, 11) is 0. The lowest BCUT2D eigenvalue weighted by molar-refractivity contribution is -0.173. The van der Waals surface area contributed by atoms with Crippen molar-refractivity contribution in [1.82, 2.24) is 9.79 Å². The van der Waals surface area contributed by atoms with Crippen molar-refractivity contribution in [2.24, 2.45) is 0 Å². The molecule has 0 atom stereocenters. The van der Waals surface area contributed by atoms with E-state index in [-0.39, 0.29) is 25.1 Å². The van der Waals surface area contributed by atoms with Gasteiger partial charge in [0.25, 0.3) is 17.4 Å². The zero-order chi connectivity index (χ0) is 17.8. The standard InChI is InChI=1S/C17H14N2O6/c20-14-8-4-7-13(17(23)25-19-15(21)9-10-16(19)22)18(14)24-11-12-5-2-1-3-6-12/h1-8H,9-11H2. The molecule has 1 aliphatic heterocycles. The third kappa shape index (κ3) is 3.57. The normalized spacial score (nSPS) is 13.8. The topological polar surface area (TPSA) is 94.9 Å². The number of benzene rings is 1. The van der Waals surface area contributed by atoms with Gasteiger partial charge in [-0.1, -0.05) is 36.4 Å². The highest BCUT2D eigenvalue weighted by atomic mass is 16.7. The van der Waals surface area contributed by atoms with Gasteiger partial charge >= 0.3 is 5.97 Å². The summed E-state index contributed by atoms with van der Waals surface area (Å²) in [6, 6.07) is 12.9. The molecule has 8 nitrogen and oxygen atoms in total. The van der Waals surface area contributed by atoms with Crippen LogP contribution in [0.1, 0.15) is 28.9 Å². The van der Waals surface area contributed by atoms with Crippen LogP contribution in [0.15, 0.2) is 53.3 Å². The smallest absolute Gasteiger partial charge is 0.383 e. The molecule has 2 heterocycles. The van der Waals surface area contributed by atoms with Gasteiger partial charge in [-0.05, 0) is 11.6 Å². The third-order valence-electron chi connectivity index (χ3n) is 3.50. The molecule has 1 aromatic carbocycles. The Bertz CT molecular complexity index is 858. The zero-order valence-corrected chi connectivity index (χ0v) is 13.1. The Morgan fingerprint density at radius 2 is 1.60 bits per heavy atom. The Morgan fingerprint density at radius 3 is 2.28 bits per heavy atom. The molecule has 0 radical (unpaired) electrons. The van der Waals surface area contributed by atoms with E-state index < -0.39 is 23.3 Å². The van der Waals surface area contributed by atoms with Gasteiger partial charge in [0, 0.05) is 18.9 Å². The Balaban J connectivity index is 1.80. The van der Waals surface area contributed by atoms with Crippen molar-refractivity contribution in [1.29, 1.82) is 0 Å². The van der Waals surface area contributed by atoms with E-state index in [4.69, 9.17) is 9.68 Å². The van der Waals surface area contributed by atoms with E-state index in [1.54, 1.807) is 12.1 Å². The second-order valence-corrected chi connectivity index (χ2v) is 5.26. The lowest BCUT2D eigenvalue weighted by atomic mass is 10.2. The van der Waals surface area contributed by atoms with Crippen LogP contribution in [0.5, 0.6) is 0 Å². The second-order valence-electron chi connectivity index (χ2n) is 5.26. The van der Waals surface area contributed by atoms with Crippen LogP contribution >= 0.6 is 0 Å². The van der Waals surface area contributed by atoms with Crippen molar-refractivity contribution in [3.8, 4) is 0 Å². The van der Waals surface area contributed by atoms with Crippen LogP contribution in [0.3, 0.4) is 0 Å². The van der Waals surface area contributed by atoms with E-state index in [0.717, 1.165) is 10.3 Å². The maximum absolute atomic E-state index is 12.3. The summed E-state index contributed by atoms with van der Waals surface area (Å²) in [5.41, 5.74) is -0.0112. The first-order chi connectivity index (χ1) is 12.1. The number of rotatable bonds is 5. The van der Waals surface area contributed by atoms with Crippen molar-refractivity contribution >= 4 is 17.8 Å². The van der Waals surface area contributed by atoms with E-state index in [9.17, 15) is 19.2 Å². The molecule has 1 aliphatic rings. The summed E-state index contributed by atoms with van der Waals surface area (Å²) in [6.45, 7) is 0.0482. The van der Waals surface area contributed by atoms with Crippen molar-refractivity contribution in [3.63, 3.8) is 0 Å². The fourth-order valence-corrected chi connectivity index (χ4v) is 2.26. The first-order valence-electron chi connectivity index (χ1n) is 7.53. The number of imide groups is 1. The summed E-state index contributed by atoms with van der Waals surface area (Å²) in [6.07, 6.45) is -0.0313. The number of carbonyl (C=O) groups excluding carboxylic acids is 3. The minimum atomic E-state index is -1.03. The van der Waals surface area contributed by atoms with E-state index in [1.165, 1.54) is 18.2 Å². The molecule has 128 valence electrons. The molecule has 0 unspecified atom stereocenters. The van der Waals surface area contributed by atoms with Crippen molar-refractivity contribution in [2.75, 3.05) is 0 Å². The van der Waals surface area contributed by atoms with Gasteiger partial charge < -0.3 is 9.68 Å². The van der Waals surface area contributed by atoms with Crippen LogP contribution in [0.4, 0.5) is 0 Å². The SMILES string of the molecule is O=C(ON1C(=O)CCC1=O)c1cccc(=O)n1OCc1ccccc1. The maximum atomic E-state index is 12.3. The summed E-state index contributed by atoms with van der Waals surface area (Å²) in [4.78, 5) is 57.6. The summed E-state index contributed by atoms with van der Waals surface area (Å²) < 4.78 is 0.778. The highest BCUT2D eigenvalue weighted by molar-refractivity contribution is 6.02. The van der Waals surface area contributed by atoms with Gasteiger partial charge in [0.15, 0.2) is 5.69 Å². The highest BCUT2D eigenvalue weighted by Gasteiger charge is 2.34. The zero-order valence-electron chi connectivity index (χ0n) is 13.1. The van der Waals surface area contributed by atoms with Crippen molar-refractivity contribution < 1.29 is 24.1 Å². The minimum absolute atomic E-state index is 0.0157. The van der Waals surface area contributed by atoms with Crippen LogP contribution in [-0.4, -0.2) is 27.6 Å². The highest BCUT2D eigenvalue weighted by Crippen LogP contribution is 2.13.